The predicted octanol–water partition coefficient (Wildman–Crippen LogP) is 3.82. The van der Waals surface area contributed by atoms with E-state index >= 15 is 0 Å². The summed E-state index contributed by atoms with van der Waals surface area (Å²) in [5.41, 5.74) is 3.19. The van der Waals surface area contributed by atoms with Crippen LogP contribution in [0.1, 0.15) is 22.8 Å². The summed E-state index contributed by atoms with van der Waals surface area (Å²) in [6.07, 6.45) is 5.11. The number of amides is 1. The third-order valence-electron chi connectivity index (χ3n) is 5.51. The Morgan fingerprint density at radius 3 is 2.57 bits per heavy atom. The molecule has 4 rings (SSSR count). The minimum Gasteiger partial charge on any atom is -0.336 e. The number of halogens is 1. The van der Waals surface area contributed by atoms with Crippen molar-refractivity contribution in [3.8, 4) is 0 Å². The molecule has 0 atom stereocenters. The molecule has 6 heteroatoms. The van der Waals surface area contributed by atoms with E-state index in [0.29, 0.717) is 0 Å². The second kappa shape index (κ2) is 8.45. The Balaban J connectivity index is 1.34. The molecule has 3 aromatic rings. The molecule has 1 aromatic carbocycles. The fourth-order valence-corrected chi connectivity index (χ4v) is 4.13. The maximum atomic E-state index is 12.7. The molecule has 2 aromatic heterocycles. The van der Waals surface area contributed by atoms with Gasteiger partial charge in [-0.2, -0.15) is 0 Å². The van der Waals surface area contributed by atoms with E-state index in [1.54, 1.807) is 0 Å². The zero-order valence-electron chi connectivity index (χ0n) is 16.1. The second-order valence-corrected chi connectivity index (χ2v) is 8.12. The van der Waals surface area contributed by atoms with Crippen LogP contribution >= 0.6 is 15.9 Å². The van der Waals surface area contributed by atoms with Gasteiger partial charge in [-0.25, -0.2) is 4.98 Å². The topological polar surface area (TPSA) is 41.4 Å². The number of piperazine rings is 1. The lowest BCUT2D eigenvalue weighted by Gasteiger charge is -2.34. The van der Waals surface area contributed by atoms with E-state index in [2.05, 4.69) is 49.6 Å². The van der Waals surface area contributed by atoms with Gasteiger partial charge in [0, 0.05) is 67.1 Å². The lowest BCUT2D eigenvalue weighted by Crippen LogP contribution is -2.49. The highest BCUT2D eigenvalue weighted by molar-refractivity contribution is 9.10. The van der Waals surface area contributed by atoms with Crippen LogP contribution in [0.15, 0.2) is 53.3 Å². The van der Waals surface area contributed by atoms with Crippen LogP contribution in [0.2, 0.25) is 0 Å². The van der Waals surface area contributed by atoms with E-state index in [4.69, 9.17) is 0 Å². The molecule has 1 fully saturated rings. The van der Waals surface area contributed by atoms with Crippen LogP contribution in [0, 0.1) is 0 Å². The molecule has 1 aliphatic heterocycles. The van der Waals surface area contributed by atoms with Gasteiger partial charge in [0.1, 0.15) is 5.65 Å². The summed E-state index contributed by atoms with van der Waals surface area (Å²) >= 11 is 3.42. The number of rotatable bonds is 5. The number of hydrogen-bond acceptors (Lipinski definition) is 3. The Labute approximate surface area is 174 Å². The minimum atomic E-state index is 0.129. The van der Waals surface area contributed by atoms with Crippen molar-refractivity contribution in [2.75, 3.05) is 32.7 Å². The van der Waals surface area contributed by atoms with Crippen LogP contribution < -0.4 is 0 Å². The Bertz CT molecular complexity index is 958. The van der Waals surface area contributed by atoms with Gasteiger partial charge in [0.25, 0.3) is 5.91 Å². The van der Waals surface area contributed by atoms with Gasteiger partial charge in [-0.05, 0) is 55.3 Å². The molecular weight excluding hydrogens is 416 g/mol. The number of carbonyl (C=O) groups is 1. The van der Waals surface area contributed by atoms with Gasteiger partial charge < -0.3 is 9.47 Å². The standard InChI is InChI=1S/C22H25BrN4O/c1-2-26-16-18(20-4-3-10-24-21(20)26)9-11-25-12-14-27(15-13-25)22(28)17-5-7-19(23)8-6-17/h3-8,10,16H,2,9,11-15H2,1H3. The number of fused-ring (bicyclic) bond motifs is 1. The average molecular weight is 441 g/mol. The van der Waals surface area contributed by atoms with Crippen LogP contribution in [0.3, 0.4) is 0 Å². The maximum absolute atomic E-state index is 12.7. The van der Waals surface area contributed by atoms with E-state index in [1.165, 1.54) is 10.9 Å². The largest absolute Gasteiger partial charge is 0.336 e. The van der Waals surface area contributed by atoms with Crippen LogP contribution in [-0.4, -0.2) is 58.0 Å². The van der Waals surface area contributed by atoms with Crippen molar-refractivity contribution in [1.29, 1.82) is 0 Å². The first-order chi connectivity index (χ1) is 13.7. The van der Waals surface area contributed by atoms with Crippen molar-refractivity contribution >= 4 is 32.9 Å². The van der Waals surface area contributed by atoms with E-state index < -0.39 is 0 Å². The molecule has 0 N–H and O–H groups in total. The van der Waals surface area contributed by atoms with E-state index in [-0.39, 0.29) is 5.91 Å². The van der Waals surface area contributed by atoms with E-state index in [9.17, 15) is 4.79 Å². The second-order valence-electron chi connectivity index (χ2n) is 7.21. The Hall–Kier alpha value is -2.18. The van der Waals surface area contributed by atoms with Crippen molar-refractivity contribution in [3.63, 3.8) is 0 Å². The zero-order valence-corrected chi connectivity index (χ0v) is 17.7. The lowest BCUT2D eigenvalue weighted by atomic mass is 10.1. The molecule has 5 nitrogen and oxygen atoms in total. The summed E-state index contributed by atoms with van der Waals surface area (Å²) in [4.78, 5) is 21.6. The molecule has 0 aliphatic carbocycles. The predicted molar refractivity (Wildman–Crippen MR) is 116 cm³/mol. The maximum Gasteiger partial charge on any atom is 0.253 e. The molecule has 0 saturated carbocycles. The molecule has 28 heavy (non-hydrogen) atoms. The highest BCUT2D eigenvalue weighted by Gasteiger charge is 2.22. The van der Waals surface area contributed by atoms with Crippen molar-refractivity contribution in [2.24, 2.45) is 0 Å². The lowest BCUT2D eigenvalue weighted by molar-refractivity contribution is 0.0638. The third kappa shape index (κ3) is 3.98. The normalized spacial score (nSPS) is 15.3. The number of hydrogen-bond donors (Lipinski definition) is 0. The van der Waals surface area contributed by atoms with Crippen LogP contribution in [0.25, 0.3) is 11.0 Å². The summed E-state index contributed by atoms with van der Waals surface area (Å²) in [6.45, 7) is 7.52. The highest BCUT2D eigenvalue weighted by atomic mass is 79.9. The van der Waals surface area contributed by atoms with Crippen LogP contribution in [0.5, 0.6) is 0 Å². The quantitative estimate of drug-likeness (QED) is 0.605. The van der Waals surface area contributed by atoms with Gasteiger partial charge in [0.15, 0.2) is 0 Å². The number of nitrogens with zero attached hydrogens (tertiary/aromatic N) is 4. The number of aryl methyl sites for hydroxylation is 1. The summed E-state index contributed by atoms with van der Waals surface area (Å²) in [6, 6.07) is 11.8. The van der Waals surface area contributed by atoms with Crippen molar-refractivity contribution in [3.05, 3.63) is 64.4 Å². The SMILES string of the molecule is CCn1cc(CCN2CCN(C(=O)c3ccc(Br)cc3)CC2)c2cccnc21. The average Bonchev–Trinajstić information content (AvgIpc) is 3.11. The fourth-order valence-electron chi connectivity index (χ4n) is 3.86. The molecule has 3 heterocycles. The van der Waals surface area contributed by atoms with Crippen molar-refractivity contribution in [1.82, 2.24) is 19.4 Å². The summed E-state index contributed by atoms with van der Waals surface area (Å²) < 4.78 is 3.22. The van der Waals surface area contributed by atoms with Gasteiger partial charge in [-0.1, -0.05) is 15.9 Å². The zero-order chi connectivity index (χ0) is 19.5. The van der Waals surface area contributed by atoms with Gasteiger partial charge in [0.2, 0.25) is 0 Å². The fraction of sp³-hybridized carbons (Fsp3) is 0.364. The highest BCUT2D eigenvalue weighted by Crippen LogP contribution is 2.20. The monoisotopic (exact) mass is 440 g/mol. The Morgan fingerprint density at radius 2 is 1.86 bits per heavy atom. The first-order valence-corrected chi connectivity index (χ1v) is 10.6. The molecular formula is C22H25BrN4O. The van der Waals surface area contributed by atoms with Gasteiger partial charge in [0.05, 0.1) is 0 Å². The van der Waals surface area contributed by atoms with Crippen molar-refractivity contribution in [2.45, 2.75) is 19.9 Å². The van der Waals surface area contributed by atoms with Gasteiger partial charge in [-0.15, -0.1) is 0 Å². The number of aromatic nitrogens is 2. The molecule has 0 radical (unpaired) electrons. The van der Waals surface area contributed by atoms with Gasteiger partial charge >= 0.3 is 0 Å². The Kier molecular flexibility index (Phi) is 5.78. The molecule has 1 saturated heterocycles. The molecule has 146 valence electrons. The van der Waals surface area contributed by atoms with E-state index in [0.717, 1.165) is 61.4 Å². The minimum absolute atomic E-state index is 0.129. The smallest absolute Gasteiger partial charge is 0.253 e. The Morgan fingerprint density at radius 1 is 1.11 bits per heavy atom. The molecule has 0 unspecified atom stereocenters. The third-order valence-corrected chi connectivity index (χ3v) is 6.03. The van der Waals surface area contributed by atoms with Crippen LogP contribution in [0.4, 0.5) is 0 Å². The summed E-state index contributed by atoms with van der Waals surface area (Å²) in [5, 5.41) is 1.26. The first-order valence-electron chi connectivity index (χ1n) is 9.85. The number of benzene rings is 1. The molecule has 0 spiro atoms. The molecule has 1 amide bonds. The number of pyridine rings is 1. The first kappa shape index (κ1) is 19.2. The van der Waals surface area contributed by atoms with Gasteiger partial charge in [-0.3, -0.25) is 9.69 Å². The van der Waals surface area contributed by atoms with Crippen molar-refractivity contribution < 1.29 is 4.79 Å². The van der Waals surface area contributed by atoms with Crippen LogP contribution in [-0.2, 0) is 13.0 Å². The number of carbonyl (C=O) groups excluding carboxylic acids is 1. The molecule has 1 aliphatic rings. The summed E-state index contributed by atoms with van der Waals surface area (Å²) in [7, 11) is 0. The summed E-state index contributed by atoms with van der Waals surface area (Å²) in [5.74, 6) is 0.129. The molecule has 0 bridgehead atoms. The van der Waals surface area contributed by atoms with E-state index in [1.807, 2.05) is 41.4 Å².